The van der Waals surface area contributed by atoms with Crippen LogP contribution in [0, 0.1) is 0 Å². The number of aromatic nitrogens is 4. The molecule has 2 saturated heterocycles. The van der Waals surface area contributed by atoms with E-state index in [4.69, 9.17) is 0 Å². The number of phenols is 1. The molecule has 0 aliphatic carbocycles. The van der Waals surface area contributed by atoms with Gasteiger partial charge in [-0.2, -0.15) is 0 Å². The van der Waals surface area contributed by atoms with Crippen LogP contribution in [0.5, 0.6) is 5.75 Å². The number of piperidine rings is 1. The summed E-state index contributed by atoms with van der Waals surface area (Å²) in [5.41, 5.74) is 2.11. The lowest BCUT2D eigenvalue weighted by molar-refractivity contribution is 0.176. The third kappa shape index (κ3) is 2.75. The number of nitrogens with zero attached hydrogens (tertiary/aromatic N) is 5. The molecule has 144 valence electrons. The van der Waals surface area contributed by atoms with E-state index < -0.39 is 6.17 Å². The van der Waals surface area contributed by atoms with Crippen LogP contribution in [-0.4, -0.2) is 56.4 Å². The smallest absolute Gasteiger partial charge is 0.152 e. The van der Waals surface area contributed by atoms with Crippen LogP contribution in [0.2, 0.25) is 0 Å². The van der Waals surface area contributed by atoms with Gasteiger partial charge in [-0.05, 0) is 31.4 Å². The van der Waals surface area contributed by atoms with Crippen LogP contribution >= 0.6 is 0 Å². The first-order valence-corrected chi connectivity index (χ1v) is 9.50. The Kier molecular flexibility index (Phi) is 4.08. The Morgan fingerprint density at radius 1 is 1.11 bits per heavy atom. The molecular weight excluding hydrogens is 359 g/mol. The first-order chi connectivity index (χ1) is 13.6. The van der Waals surface area contributed by atoms with Crippen LogP contribution in [-0.2, 0) is 0 Å². The maximum absolute atomic E-state index is 14.8. The van der Waals surface area contributed by atoms with Gasteiger partial charge in [0.1, 0.15) is 17.5 Å². The van der Waals surface area contributed by atoms with E-state index in [-0.39, 0.29) is 17.8 Å². The molecule has 4 heterocycles. The predicted octanol–water partition coefficient (Wildman–Crippen LogP) is 2.46. The van der Waals surface area contributed by atoms with E-state index in [1.807, 2.05) is 11.9 Å². The second-order valence-electron chi connectivity index (χ2n) is 7.55. The van der Waals surface area contributed by atoms with Crippen molar-refractivity contribution in [2.75, 3.05) is 11.9 Å². The molecule has 5 rings (SSSR count). The number of rotatable bonds is 3. The van der Waals surface area contributed by atoms with Crippen LogP contribution in [0.4, 0.5) is 10.2 Å². The van der Waals surface area contributed by atoms with Crippen molar-refractivity contribution < 1.29 is 9.50 Å². The summed E-state index contributed by atoms with van der Waals surface area (Å²) in [6.07, 6.45) is 8.12. The highest BCUT2D eigenvalue weighted by Gasteiger charge is 2.43. The average molecular weight is 380 g/mol. The number of hydrogen-bond donors (Lipinski definition) is 2. The molecule has 1 unspecified atom stereocenters. The molecule has 2 bridgehead atoms. The van der Waals surface area contributed by atoms with E-state index in [2.05, 4.69) is 25.3 Å². The van der Waals surface area contributed by atoms with E-state index >= 15 is 0 Å². The summed E-state index contributed by atoms with van der Waals surface area (Å²) in [5.74, 6) is 0.650. The Balaban J connectivity index is 1.42. The number of aromatic hydroxyl groups is 1. The SMILES string of the molecule is CN(c1cnc(-c2ccc3nccnc3c2O)cn1)[C@@H]1CC2CC[C@H](N2)[C@@H]1F. The number of fused-ring (bicyclic) bond motifs is 3. The predicted molar refractivity (Wildman–Crippen MR) is 104 cm³/mol. The number of alkyl halides is 1. The minimum absolute atomic E-state index is 0.0276. The molecule has 2 aliphatic rings. The van der Waals surface area contributed by atoms with Gasteiger partial charge >= 0.3 is 0 Å². The van der Waals surface area contributed by atoms with Gasteiger partial charge in [0.15, 0.2) is 5.75 Å². The van der Waals surface area contributed by atoms with Gasteiger partial charge in [-0.15, -0.1) is 0 Å². The number of nitrogens with one attached hydrogen (secondary N) is 1. The number of phenolic OH excluding ortho intramolecular Hbond substituents is 1. The molecule has 7 nitrogen and oxygen atoms in total. The van der Waals surface area contributed by atoms with Crippen LogP contribution in [0.15, 0.2) is 36.9 Å². The highest BCUT2D eigenvalue weighted by atomic mass is 19.1. The molecule has 2 aromatic heterocycles. The van der Waals surface area contributed by atoms with E-state index in [0.717, 1.165) is 19.3 Å². The Bertz CT molecular complexity index is 1010. The largest absolute Gasteiger partial charge is 0.505 e. The lowest BCUT2D eigenvalue weighted by atomic mass is 9.96. The van der Waals surface area contributed by atoms with E-state index in [9.17, 15) is 9.50 Å². The fourth-order valence-corrected chi connectivity index (χ4v) is 4.39. The Morgan fingerprint density at radius 2 is 1.96 bits per heavy atom. The van der Waals surface area contributed by atoms with Gasteiger partial charge in [-0.3, -0.25) is 9.97 Å². The van der Waals surface area contributed by atoms with Crippen molar-refractivity contribution in [1.82, 2.24) is 25.3 Å². The Hall–Kier alpha value is -2.87. The fraction of sp³-hybridized carbons (Fsp3) is 0.400. The normalized spacial score (nSPS) is 26.5. The second-order valence-corrected chi connectivity index (χ2v) is 7.55. The lowest BCUT2D eigenvalue weighted by Crippen LogP contribution is -2.55. The third-order valence-corrected chi connectivity index (χ3v) is 5.94. The zero-order chi connectivity index (χ0) is 19.3. The zero-order valence-electron chi connectivity index (χ0n) is 15.5. The Labute approximate surface area is 161 Å². The number of halogens is 1. The highest BCUT2D eigenvalue weighted by molar-refractivity contribution is 5.88. The molecule has 2 fully saturated rings. The molecular formula is C20H21FN6O. The summed E-state index contributed by atoms with van der Waals surface area (Å²) in [6, 6.07) is 3.66. The summed E-state index contributed by atoms with van der Waals surface area (Å²) in [7, 11) is 1.87. The molecule has 0 amide bonds. The van der Waals surface area contributed by atoms with Gasteiger partial charge in [0.2, 0.25) is 0 Å². The van der Waals surface area contributed by atoms with Crippen molar-refractivity contribution in [2.45, 2.75) is 43.6 Å². The van der Waals surface area contributed by atoms with Crippen molar-refractivity contribution >= 4 is 16.9 Å². The zero-order valence-corrected chi connectivity index (χ0v) is 15.5. The van der Waals surface area contributed by atoms with Gasteiger partial charge in [-0.25, -0.2) is 14.4 Å². The van der Waals surface area contributed by atoms with Gasteiger partial charge < -0.3 is 15.3 Å². The molecule has 0 saturated carbocycles. The quantitative estimate of drug-likeness (QED) is 0.722. The fourth-order valence-electron chi connectivity index (χ4n) is 4.39. The first kappa shape index (κ1) is 17.2. The summed E-state index contributed by atoms with van der Waals surface area (Å²) in [5, 5.41) is 13.9. The standard InChI is InChI=1S/C20H21FN6O/c1-27(16-8-11-2-4-13(26-11)18(16)21)17-10-24-15(9-25-17)12-3-5-14-19(20(12)28)23-7-6-22-14/h3,5-7,9-11,13,16,18,26,28H,2,4,8H2,1H3/t11?,13-,16+,18-/m0/s1. The Morgan fingerprint density at radius 3 is 2.79 bits per heavy atom. The van der Waals surface area contributed by atoms with Crippen molar-refractivity contribution in [2.24, 2.45) is 0 Å². The molecule has 3 aromatic rings. The van der Waals surface area contributed by atoms with Crippen molar-refractivity contribution in [1.29, 1.82) is 0 Å². The molecule has 8 heteroatoms. The summed E-state index contributed by atoms with van der Waals surface area (Å²) in [4.78, 5) is 19.2. The molecule has 2 N–H and O–H groups in total. The van der Waals surface area contributed by atoms with Crippen LogP contribution < -0.4 is 10.2 Å². The molecule has 2 aliphatic heterocycles. The molecule has 0 spiro atoms. The topological polar surface area (TPSA) is 87.1 Å². The maximum atomic E-state index is 14.8. The highest BCUT2D eigenvalue weighted by Crippen LogP contribution is 2.35. The minimum atomic E-state index is -0.923. The van der Waals surface area contributed by atoms with Gasteiger partial charge in [0.25, 0.3) is 0 Å². The van der Waals surface area contributed by atoms with Crippen LogP contribution in [0.3, 0.4) is 0 Å². The number of benzene rings is 1. The average Bonchev–Trinajstić information content (AvgIpc) is 3.14. The molecule has 28 heavy (non-hydrogen) atoms. The summed E-state index contributed by atoms with van der Waals surface area (Å²) >= 11 is 0. The van der Waals surface area contributed by atoms with Gasteiger partial charge in [-0.1, -0.05) is 0 Å². The van der Waals surface area contributed by atoms with E-state index in [1.165, 1.54) is 6.20 Å². The molecule has 4 atom stereocenters. The van der Waals surface area contributed by atoms with E-state index in [0.29, 0.717) is 34.2 Å². The van der Waals surface area contributed by atoms with Crippen molar-refractivity contribution in [3.8, 4) is 17.0 Å². The summed E-state index contributed by atoms with van der Waals surface area (Å²) < 4.78 is 14.8. The van der Waals surface area contributed by atoms with Crippen molar-refractivity contribution in [3.63, 3.8) is 0 Å². The number of hydrogen-bond acceptors (Lipinski definition) is 7. The molecule has 1 aromatic carbocycles. The maximum Gasteiger partial charge on any atom is 0.152 e. The second kappa shape index (κ2) is 6.63. The van der Waals surface area contributed by atoms with E-state index in [1.54, 1.807) is 30.7 Å². The van der Waals surface area contributed by atoms with Crippen LogP contribution in [0.25, 0.3) is 22.3 Å². The van der Waals surface area contributed by atoms with Crippen LogP contribution in [0.1, 0.15) is 19.3 Å². The third-order valence-electron chi connectivity index (χ3n) is 5.94. The van der Waals surface area contributed by atoms with Gasteiger partial charge in [0.05, 0.1) is 29.6 Å². The van der Waals surface area contributed by atoms with Gasteiger partial charge in [0, 0.05) is 37.1 Å². The number of anilines is 1. The summed E-state index contributed by atoms with van der Waals surface area (Å²) in [6.45, 7) is 0. The van der Waals surface area contributed by atoms with Crippen molar-refractivity contribution in [3.05, 3.63) is 36.9 Å². The first-order valence-electron chi connectivity index (χ1n) is 9.50. The monoisotopic (exact) mass is 380 g/mol. The molecule has 0 radical (unpaired) electrons. The lowest BCUT2D eigenvalue weighted by Gasteiger charge is -2.38. The minimum Gasteiger partial charge on any atom is -0.505 e.